The van der Waals surface area contributed by atoms with Crippen molar-refractivity contribution >= 4 is 12.2 Å². The SMILES string of the molecule is CCOC(=O)N1CCC2(CC(N3CCC(N4C(=O)OC[C@H]4C)CC3)C2)C1. The average Bonchev–Trinajstić information content (AvgIpc) is 3.19. The third-order valence-electron chi connectivity index (χ3n) is 6.84. The molecule has 3 aliphatic heterocycles. The molecule has 26 heavy (non-hydrogen) atoms. The van der Waals surface area contributed by atoms with Crippen molar-refractivity contribution in [2.24, 2.45) is 5.41 Å². The molecule has 4 fully saturated rings. The minimum atomic E-state index is -0.153. The third kappa shape index (κ3) is 3.15. The van der Waals surface area contributed by atoms with Crippen LogP contribution in [0.3, 0.4) is 0 Å². The van der Waals surface area contributed by atoms with Gasteiger partial charge in [0.15, 0.2) is 0 Å². The summed E-state index contributed by atoms with van der Waals surface area (Å²) in [4.78, 5) is 30.3. The first-order chi connectivity index (χ1) is 12.5. The normalized spacial score (nSPS) is 35.7. The molecule has 1 atom stereocenters. The summed E-state index contributed by atoms with van der Waals surface area (Å²) >= 11 is 0. The summed E-state index contributed by atoms with van der Waals surface area (Å²) in [5.74, 6) is 0. The summed E-state index contributed by atoms with van der Waals surface area (Å²) < 4.78 is 10.3. The maximum atomic E-state index is 11.9. The third-order valence-corrected chi connectivity index (χ3v) is 6.84. The molecule has 1 aliphatic carbocycles. The van der Waals surface area contributed by atoms with Crippen LogP contribution in [0.5, 0.6) is 0 Å². The maximum absolute atomic E-state index is 11.9. The molecule has 0 radical (unpaired) electrons. The Kier molecular flexibility index (Phi) is 4.75. The fraction of sp³-hybridized carbons (Fsp3) is 0.895. The number of likely N-dealkylation sites (tertiary alicyclic amines) is 2. The van der Waals surface area contributed by atoms with Crippen LogP contribution in [-0.2, 0) is 9.47 Å². The van der Waals surface area contributed by atoms with Crippen LogP contribution >= 0.6 is 0 Å². The average molecular weight is 365 g/mol. The quantitative estimate of drug-likeness (QED) is 0.768. The van der Waals surface area contributed by atoms with Gasteiger partial charge in [0.1, 0.15) is 6.61 Å². The van der Waals surface area contributed by atoms with Crippen molar-refractivity contribution in [3.63, 3.8) is 0 Å². The first-order valence-electron chi connectivity index (χ1n) is 10.1. The summed E-state index contributed by atoms with van der Waals surface area (Å²) in [5, 5.41) is 0. The Morgan fingerprint density at radius 3 is 2.58 bits per heavy atom. The van der Waals surface area contributed by atoms with Gasteiger partial charge in [-0.1, -0.05) is 0 Å². The Morgan fingerprint density at radius 1 is 1.23 bits per heavy atom. The zero-order chi connectivity index (χ0) is 18.3. The summed E-state index contributed by atoms with van der Waals surface area (Å²) in [7, 11) is 0. The second-order valence-electron chi connectivity index (χ2n) is 8.53. The zero-order valence-electron chi connectivity index (χ0n) is 16.0. The Morgan fingerprint density at radius 2 is 1.96 bits per heavy atom. The molecule has 0 N–H and O–H groups in total. The Labute approximate surface area is 155 Å². The lowest BCUT2D eigenvalue weighted by molar-refractivity contribution is -0.0134. The maximum Gasteiger partial charge on any atom is 0.410 e. The van der Waals surface area contributed by atoms with Gasteiger partial charge < -0.3 is 19.3 Å². The summed E-state index contributed by atoms with van der Waals surface area (Å²) in [6, 6.07) is 1.18. The highest BCUT2D eigenvalue weighted by Crippen LogP contribution is 2.50. The molecule has 1 saturated carbocycles. The van der Waals surface area contributed by atoms with E-state index in [1.165, 1.54) is 12.8 Å². The number of carbonyl (C=O) groups excluding carboxylic acids is 2. The van der Waals surface area contributed by atoms with Crippen molar-refractivity contribution in [2.45, 2.75) is 64.1 Å². The van der Waals surface area contributed by atoms with Crippen molar-refractivity contribution in [1.82, 2.24) is 14.7 Å². The molecule has 4 rings (SSSR count). The standard InChI is InChI=1S/C19H31N3O4/c1-3-25-17(23)21-9-6-19(13-21)10-16(11-19)20-7-4-15(5-8-20)22-14(2)12-26-18(22)24/h14-16H,3-13H2,1-2H3/t14-,16?,19?/m1/s1. The van der Waals surface area contributed by atoms with E-state index in [-0.39, 0.29) is 18.2 Å². The molecule has 146 valence electrons. The Hall–Kier alpha value is -1.50. The fourth-order valence-corrected chi connectivity index (χ4v) is 5.40. The number of hydrogen-bond donors (Lipinski definition) is 0. The first kappa shape index (κ1) is 17.9. The molecular formula is C19H31N3O4. The molecule has 0 bridgehead atoms. The number of piperidine rings is 1. The van der Waals surface area contributed by atoms with Crippen molar-refractivity contribution in [3.05, 3.63) is 0 Å². The predicted molar refractivity (Wildman–Crippen MR) is 95.9 cm³/mol. The largest absolute Gasteiger partial charge is 0.450 e. The second-order valence-corrected chi connectivity index (χ2v) is 8.53. The highest BCUT2D eigenvalue weighted by molar-refractivity contribution is 5.70. The number of nitrogens with zero attached hydrogens (tertiary/aromatic N) is 3. The molecule has 0 unspecified atom stereocenters. The van der Waals surface area contributed by atoms with Crippen LogP contribution in [0.15, 0.2) is 0 Å². The van der Waals surface area contributed by atoms with Crippen LogP contribution in [0, 0.1) is 5.41 Å². The number of carbonyl (C=O) groups is 2. The molecule has 2 amide bonds. The van der Waals surface area contributed by atoms with Crippen LogP contribution in [-0.4, -0.2) is 84.4 Å². The van der Waals surface area contributed by atoms with Gasteiger partial charge in [-0.3, -0.25) is 4.90 Å². The van der Waals surface area contributed by atoms with Crippen molar-refractivity contribution in [1.29, 1.82) is 0 Å². The predicted octanol–water partition coefficient (Wildman–Crippen LogP) is 2.30. The number of rotatable bonds is 3. The first-order valence-corrected chi connectivity index (χ1v) is 10.1. The monoisotopic (exact) mass is 365 g/mol. The van der Waals surface area contributed by atoms with E-state index in [0.29, 0.717) is 30.7 Å². The number of hydrogen-bond acceptors (Lipinski definition) is 5. The van der Waals surface area contributed by atoms with Crippen LogP contribution < -0.4 is 0 Å². The molecule has 0 aromatic carbocycles. The molecule has 7 nitrogen and oxygen atoms in total. The van der Waals surface area contributed by atoms with E-state index in [1.54, 1.807) is 0 Å². The number of amides is 2. The van der Waals surface area contributed by atoms with Gasteiger partial charge in [0.2, 0.25) is 0 Å². The minimum Gasteiger partial charge on any atom is -0.450 e. The molecule has 0 aromatic rings. The summed E-state index contributed by atoms with van der Waals surface area (Å²) in [6.07, 6.45) is 5.28. The van der Waals surface area contributed by atoms with E-state index in [2.05, 4.69) is 11.8 Å². The smallest absolute Gasteiger partial charge is 0.410 e. The summed E-state index contributed by atoms with van der Waals surface area (Å²) in [6.45, 7) is 8.72. The molecule has 4 aliphatic rings. The van der Waals surface area contributed by atoms with Gasteiger partial charge in [-0.25, -0.2) is 9.59 Å². The van der Waals surface area contributed by atoms with Gasteiger partial charge in [0.25, 0.3) is 0 Å². The van der Waals surface area contributed by atoms with E-state index in [9.17, 15) is 9.59 Å². The van der Waals surface area contributed by atoms with Gasteiger partial charge in [-0.2, -0.15) is 0 Å². The highest BCUT2D eigenvalue weighted by atomic mass is 16.6. The molecule has 0 aromatic heterocycles. The fourth-order valence-electron chi connectivity index (χ4n) is 5.40. The van der Waals surface area contributed by atoms with Gasteiger partial charge in [0, 0.05) is 38.3 Å². The lowest BCUT2D eigenvalue weighted by atomic mass is 9.64. The lowest BCUT2D eigenvalue weighted by Crippen LogP contribution is -2.56. The van der Waals surface area contributed by atoms with E-state index >= 15 is 0 Å². The minimum absolute atomic E-state index is 0.136. The van der Waals surface area contributed by atoms with Gasteiger partial charge in [0.05, 0.1) is 12.6 Å². The van der Waals surface area contributed by atoms with Crippen molar-refractivity contribution in [2.75, 3.05) is 39.4 Å². The van der Waals surface area contributed by atoms with Crippen molar-refractivity contribution in [3.8, 4) is 0 Å². The molecule has 3 saturated heterocycles. The van der Waals surface area contributed by atoms with E-state index < -0.39 is 0 Å². The van der Waals surface area contributed by atoms with Crippen LogP contribution in [0.25, 0.3) is 0 Å². The second kappa shape index (κ2) is 6.91. The van der Waals surface area contributed by atoms with E-state index in [1.807, 2.05) is 16.7 Å². The topological polar surface area (TPSA) is 62.3 Å². The van der Waals surface area contributed by atoms with Crippen LogP contribution in [0.2, 0.25) is 0 Å². The van der Waals surface area contributed by atoms with Crippen LogP contribution in [0.4, 0.5) is 9.59 Å². The number of ether oxygens (including phenoxy) is 2. The highest BCUT2D eigenvalue weighted by Gasteiger charge is 2.51. The van der Waals surface area contributed by atoms with Crippen molar-refractivity contribution < 1.29 is 19.1 Å². The van der Waals surface area contributed by atoms with E-state index in [4.69, 9.17) is 9.47 Å². The zero-order valence-corrected chi connectivity index (χ0v) is 16.0. The molecule has 3 heterocycles. The molecule has 1 spiro atoms. The summed E-state index contributed by atoms with van der Waals surface area (Å²) in [5.41, 5.74) is 0.321. The van der Waals surface area contributed by atoms with Gasteiger partial charge in [-0.15, -0.1) is 0 Å². The van der Waals surface area contributed by atoms with Gasteiger partial charge >= 0.3 is 12.2 Å². The number of cyclic esters (lactones) is 1. The Bertz CT molecular complexity index is 555. The molecule has 7 heteroatoms. The lowest BCUT2D eigenvalue weighted by Gasteiger charge is -2.52. The Balaban J connectivity index is 1.24. The molecular weight excluding hydrogens is 334 g/mol. The van der Waals surface area contributed by atoms with Crippen LogP contribution in [0.1, 0.15) is 46.0 Å². The van der Waals surface area contributed by atoms with Gasteiger partial charge in [-0.05, 0) is 51.4 Å². The van der Waals surface area contributed by atoms with E-state index in [0.717, 1.165) is 45.4 Å².